The summed E-state index contributed by atoms with van der Waals surface area (Å²) in [6, 6.07) is 18.0. The van der Waals surface area contributed by atoms with Crippen molar-refractivity contribution in [1.82, 2.24) is 9.38 Å². The van der Waals surface area contributed by atoms with Gasteiger partial charge >= 0.3 is 0 Å². The molecule has 0 amide bonds. The van der Waals surface area contributed by atoms with E-state index in [1.165, 1.54) is 76.2 Å². The summed E-state index contributed by atoms with van der Waals surface area (Å²) in [7, 11) is 2.18. The Morgan fingerprint density at radius 2 is 1.79 bits per heavy atom. The highest BCUT2D eigenvalue weighted by Crippen LogP contribution is 2.37. The summed E-state index contributed by atoms with van der Waals surface area (Å²) in [6.07, 6.45) is 8.70. The van der Waals surface area contributed by atoms with E-state index >= 15 is 0 Å². The predicted octanol–water partition coefficient (Wildman–Crippen LogP) is 5.97. The summed E-state index contributed by atoms with van der Waals surface area (Å²) in [5.74, 6) is 0.694. The second kappa shape index (κ2) is 6.28. The van der Waals surface area contributed by atoms with Gasteiger partial charge in [0, 0.05) is 11.6 Å². The van der Waals surface area contributed by atoms with Crippen molar-refractivity contribution < 1.29 is 4.57 Å². The molecule has 1 aliphatic rings. The topological polar surface area (TPSA) is 21.2 Å². The zero-order chi connectivity index (χ0) is 19.5. The third-order valence-electron chi connectivity index (χ3n) is 6.99. The fourth-order valence-electron chi connectivity index (χ4n) is 5.51. The van der Waals surface area contributed by atoms with Gasteiger partial charge in [0.05, 0.1) is 18.0 Å². The maximum Gasteiger partial charge on any atom is 0.297 e. The first kappa shape index (κ1) is 17.0. The Morgan fingerprint density at radius 1 is 0.966 bits per heavy atom. The number of imidazole rings is 1. The van der Waals surface area contributed by atoms with Gasteiger partial charge in [-0.05, 0) is 67.1 Å². The Morgan fingerprint density at radius 3 is 2.66 bits per heavy atom. The number of pyridine rings is 2. The van der Waals surface area contributed by atoms with Gasteiger partial charge in [0.2, 0.25) is 0 Å². The second-order valence-corrected chi connectivity index (χ2v) is 8.67. The molecular weight excluding hydrogens is 354 g/mol. The van der Waals surface area contributed by atoms with Crippen molar-refractivity contribution in [3.8, 4) is 0 Å². The Hall–Kier alpha value is -2.94. The number of rotatable bonds is 1. The molecule has 1 saturated carbocycles. The standard InChI is InChI=1S/C26H26N3/c1-17-14-15-27-25-20-13-12-19(18-8-4-3-5-9-18)16-23(20)29-22-11-7-6-10-21(22)28(2)26(29)24(17)25/h6-7,10-16,18H,3-5,8-9H2,1-2H3/q+1. The fraction of sp³-hybridized carbons (Fsp3) is 0.308. The Kier molecular flexibility index (Phi) is 3.67. The van der Waals surface area contributed by atoms with Gasteiger partial charge in [-0.1, -0.05) is 37.5 Å². The second-order valence-electron chi connectivity index (χ2n) is 8.67. The van der Waals surface area contributed by atoms with Crippen molar-refractivity contribution in [2.24, 2.45) is 7.05 Å². The first-order valence-corrected chi connectivity index (χ1v) is 10.8. The molecule has 3 heteroatoms. The van der Waals surface area contributed by atoms with Crippen LogP contribution >= 0.6 is 0 Å². The number of aromatic nitrogens is 3. The number of fused-ring (bicyclic) bond motifs is 8. The van der Waals surface area contributed by atoms with Crippen LogP contribution in [0.15, 0.2) is 54.7 Å². The van der Waals surface area contributed by atoms with E-state index in [1.54, 1.807) is 0 Å². The van der Waals surface area contributed by atoms with E-state index in [4.69, 9.17) is 4.98 Å². The van der Waals surface area contributed by atoms with Gasteiger partial charge in [-0.3, -0.25) is 4.98 Å². The third-order valence-corrected chi connectivity index (χ3v) is 6.99. The van der Waals surface area contributed by atoms with Crippen molar-refractivity contribution in [3.05, 3.63) is 65.9 Å². The van der Waals surface area contributed by atoms with Crippen LogP contribution in [-0.4, -0.2) is 9.38 Å². The molecule has 2 aromatic carbocycles. The lowest BCUT2D eigenvalue weighted by molar-refractivity contribution is -0.617. The molecule has 0 spiro atoms. The molecule has 1 aliphatic carbocycles. The van der Waals surface area contributed by atoms with Crippen LogP contribution in [0, 0.1) is 6.92 Å². The van der Waals surface area contributed by atoms with E-state index in [0.717, 1.165) is 5.52 Å². The highest BCUT2D eigenvalue weighted by molar-refractivity contribution is 6.11. The summed E-state index contributed by atoms with van der Waals surface area (Å²) in [5.41, 5.74) is 8.92. The van der Waals surface area contributed by atoms with Crippen LogP contribution < -0.4 is 4.57 Å². The van der Waals surface area contributed by atoms with Crippen molar-refractivity contribution in [3.63, 3.8) is 0 Å². The molecule has 6 rings (SSSR count). The quantitative estimate of drug-likeness (QED) is 0.259. The van der Waals surface area contributed by atoms with Gasteiger partial charge in [-0.2, -0.15) is 4.40 Å². The average molecular weight is 381 g/mol. The molecule has 29 heavy (non-hydrogen) atoms. The molecule has 1 fully saturated rings. The van der Waals surface area contributed by atoms with E-state index in [1.807, 2.05) is 6.20 Å². The van der Waals surface area contributed by atoms with Crippen molar-refractivity contribution in [2.75, 3.05) is 0 Å². The Balaban J connectivity index is 1.83. The number of hydrogen-bond donors (Lipinski definition) is 0. The van der Waals surface area contributed by atoms with Crippen molar-refractivity contribution in [2.45, 2.75) is 44.9 Å². The minimum Gasteiger partial charge on any atom is -0.255 e. The molecular formula is C26H26N3+. The number of hydrogen-bond acceptors (Lipinski definition) is 1. The van der Waals surface area contributed by atoms with Gasteiger partial charge in [0.1, 0.15) is 5.52 Å². The van der Waals surface area contributed by atoms with Crippen LogP contribution in [-0.2, 0) is 7.05 Å². The molecule has 3 aromatic heterocycles. The highest BCUT2D eigenvalue weighted by atomic mass is 15.1. The zero-order valence-electron chi connectivity index (χ0n) is 17.2. The first-order chi connectivity index (χ1) is 14.2. The van der Waals surface area contributed by atoms with Crippen LogP contribution in [0.1, 0.15) is 49.1 Å². The van der Waals surface area contributed by atoms with Gasteiger partial charge in [0.15, 0.2) is 11.0 Å². The van der Waals surface area contributed by atoms with Crippen LogP contribution in [0.5, 0.6) is 0 Å². The lowest BCUT2D eigenvalue weighted by Gasteiger charge is -2.22. The maximum absolute atomic E-state index is 4.85. The predicted molar refractivity (Wildman–Crippen MR) is 119 cm³/mol. The lowest BCUT2D eigenvalue weighted by Crippen LogP contribution is -2.27. The summed E-state index contributed by atoms with van der Waals surface area (Å²) < 4.78 is 4.80. The minimum absolute atomic E-state index is 0.694. The molecule has 0 radical (unpaired) electrons. The number of aryl methyl sites for hydroxylation is 2. The summed E-state index contributed by atoms with van der Waals surface area (Å²) in [4.78, 5) is 4.85. The molecule has 0 bridgehead atoms. The molecule has 0 aliphatic heterocycles. The van der Waals surface area contributed by atoms with Gasteiger partial charge in [-0.15, -0.1) is 0 Å². The normalized spacial score (nSPS) is 15.8. The maximum atomic E-state index is 4.85. The summed E-state index contributed by atoms with van der Waals surface area (Å²) in [5, 5.41) is 2.50. The highest BCUT2D eigenvalue weighted by Gasteiger charge is 2.25. The molecule has 0 saturated heterocycles. The average Bonchev–Trinajstić information content (AvgIpc) is 3.07. The Labute approximate surface area is 170 Å². The SMILES string of the molecule is Cc1ccnc2c3ccc(C4CCCCC4)cc3n3c4ccccc4[n+](C)c3c12. The van der Waals surface area contributed by atoms with E-state index in [0.29, 0.717) is 5.92 Å². The van der Waals surface area contributed by atoms with E-state index in [9.17, 15) is 0 Å². The zero-order valence-corrected chi connectivity index (χ0v) is 17.2. The van der Waals surface area contributed by atoms with Gasteiger partial charge in [0.25, 0.3) is 5.65 Å². The van der Waals surface area contributed by atoms with E-state index in [-0.39, 0.29) is 0 Å². The fourth-order valence-corrected chi connectivity index (χ4v) is 5.51. The smallest absolute Gasteiger partial charge is 0.255 e. The number of para-hydroxylation sites is 2. The Bertz CT molecular complexity index is 1400. The number of benzene rings is 2. The first-order valence-electron chi connectivity index (χ1n) is 10.8. The molecule has 5 aromatic rings. The van der Waals surface area contributed by atoms with E-state index in [2.05, 4.69) is 71.5 Å². The van der Waals surface area contributed by atoms with Crippen LogP contribution in [0.4, 0.5) is 0 Å². The molecule has 0 N–H and O–H groups in total. The monoisotopic (exact) mass is 380 g/mol. The largest absolute Gasteiger partial charge is 0.297 e. The van der Waals surface area contributed by atoms with Crippen LogP contribution in [0.2, 0.25) is 0 Å². The lowest BCUT2D eigenvalue weighted by atomic mass is 9.84. The van der Waals surface area contributed by atoms with Gasteiger partial charge < -0.3 is 0 Å². The summed E-state index contributed by atoms with van der Waals surface area (Å²) in [6.45, 7) is 2.20. The molecule has 3 nitrogen and oxygen atoms in total. The van der Waals surface area contributed by atoms with Crippen LogP contribution in [0.3, 0.4) is 0 Å². The molecule has 3 heterocycles. The van der Waals surface area contributed by atoms with Gasteiger partial charge in [-0.25, -0.2) is 4.57 Å². The minimum atomic E-state index is 0.694. The van der Waals surface area contributed by atoms with E-state index < -0.39 is 0 Å². The van der Waals surface area contributed by atoms with Crippen molar-refractivity contribution >= 4 is 38.5 Å². The molecule has 0 unspecified atom stereocenters. The van der Waals surface area contributed by atoms with Crippen molar-refractivity contribution in [1.29, 1.82) is 0 Å². The number of nitrogens with zero attached hydrogens (tertiary/aromatic N) is 3. The molecule has 144 valence electrons. The third kappa shape index (κ3) is 2.37. The molecule has 0 atom stereocenters. The summed E-state index contributed by atoms with van der Waals surface area (Å²) >= 11 is 0. The van der Waals surface area contributed by atoms with Crippen LogP contribution in [0.25, 0.3) is 38.5 Å².